The number of rotatable bonds is 2. The number of nitrogen functional groups attached to an aromatic ring is 1. The van der Waals surface area contributed by atoms with Gasteiger partial charge >= 0.3 is 5.69 Å². The first-order valence-electron chi connectivity index (χ1n) is 5.03. The summed E-state index contributed by atoms with van der Waals surface area (Å²) in [5.41, 5.74) is 4.30. The maximum absolute atomic E-state index is 13.6. The highest BCUT2D eigenvalue weighted by molar-refractivity contribution is 6.32. The molecule has 0 saturated carbocycles. The van der Waals surface area contributed by atoms with Crippen LogP contribution in [0.1, 0.15) is 12.6 Å². The van der Waals surface area contributed by atoms with Gasteiger partial charge in [-0.1, -0.05) is 11.6 Å². The minimum absolute atomic E-state index is 0.124. The Kier molecular flexibility index (Phi) is 3.26. The van der Waals surface area contributed by atoms with Gasteiger partial charge in [-0.15, -0.1) is 0 Å². The molecule has 0 amide bonds. The van der Waals surface area contributed by atoms with Gasteiger partial charge in [-0.2, -0.15) is 4.98 Å². The molecule has 0 aliphatic carbocycles. The Morgan fingerprint density at radius 2 is 2.39 bits per heavy atom. The van der Waals surface area contributed by atoms with Crippen LogP contribution in [0.15, 0.2) is 11.0 Å². The molecule has 6 nitrogen and oxygen atoms in total. The maximum atomic E-state index is 13.6. The molecule has 0 bridgehead atoms. The molecule has 2 rings (SSSR count). The van der Waals surface area contributed by atoms with Crippen LogP contribution in [0.3, 0.4) is 0 Å². The second-order valence-corrected chi connectivity index (χ2v) is 4.33. The average Bonchev–Trinajstić information content (AvgIpc) is 2.59. The molecule has 0 radical (unpaired) electrons. The number of hydrogen-bond acceptors (Lipinski definition) is 5. The van der Waals surface area contributed by atoms with Crippen molar-refractivity contribution in [1.29, 1.82) is 0 Å². The average molecular weight is 282 g/mol. The molecule has 0 aromatic carbocycles. The Morgan fingerprint density at radius 1 is 1.72 bits per heavy atom. The first kappa shape index (κ1) is 13.2. The van der Waals surface area contributed by atoms with Crippen LogP contribution in [-0.4, -0.2) is 33.3 Å². The molecule has 1 fully saturated rings. The zero-order chi connectivity index (χ0) is 13.5. The molecule has 3 N–H and O–H groups in total. The van der Waals surface area contributed by atoms with Crippen molar-refractivity contribution in [2.45, 2.75) is 24.7 Å². The summed E-state index contributed by atoms with van der Waals surface area (Å²) in [7, 11) is 0. The highest BCUT2D eigenvalue weighted by atomic mass is 35.5. The number of anilines is 1. The van der Waals surface area contributed by atoms with Crippen LogP contribution < -0.4 is 11.4 Å². The maximum Gasteiger partial charge on any atom is 0.351 e. The van der Waals surface area contributed by atoms with Crippen molar-refractivity contribution in [1.82, 2.24) is 9.55 Å². The summed E-state index contributed by atoms with van der Waals surface area (Å²) in [5.74, 6) is -3.53. The van der Waals surface area contributed by atoms with Crippen LogP contribution in [-0.2, 0) is 4.74 Å². The van der Waals surface area contributed by atoms with Gasteiger partial charge in [0.05, 0.1) is 17.7 Å². The van der Waals surface area contributed by atoms with Gasteiger partial charge in [0, 0.05) is 12.6 Å². The molecule has 1 aliphatic heterocycles. The number of aromatic nitrogens is 2. The predicted molar refractivity (Wildman–Crippen MR) is 58.5 cm³/mol. The lowest BCUT2D eigenvalue weighted by atomic mass is 10.2. The Labute approximate surface area is 105 Å². The van der Waals surface area contributed by atoms with Crippen molar-refractivity contribution in [2.24, 2.45) is 0 Å². The molecule has 1 aromatic rings. The van der Waals surface area contributed by atoms with Gasteiger partial charge in [0.2, 0.25) is 6.23 Å². The van der Waals surface area contributed by atoms with Crippen LogP contribution in [0.25, 0.3) is 0 Å². The van der Waals surface area contributed by atoms with E-state index in [0.29, 0.717) is 4.57 Å². The SMILES string of the molecule is Nc1nc(=O)n(C2OC(CO)CC2(F)F)cc1Cl. The second kappa shape index (κ2) is 4.45. The summed E-state index contributed by atoms with van der Waals surface area (Å²) in [6.07, 6.45) is -2.60. The van der Waals surface area contributed by atoms with Gasteiger partial charge in [-0.3, -0.25) is 4.57 Å². The Morgan fingerprint density at radius 3 is 2.94 bits per heavy atom. The van der Waals surface area contributed by atoms with E-state index in [9.17, 15) is 13.6 Å². The minimum atomic E-state index is -3.29. The van der Waals surface area contributed by atoms with E-state index < -0.39 is 37.0 Å². The third-order valence-corrected chi connectivity index (χ3v) is 2.86. The first-order valence-corrected chi connectivity index (χ1v) is 5.41. The van der Waals surface area contributed by atoms with E-state index in [0.717, 1.165) is 6.20 Å². The van der Waals surface area contributed by atoms with Crippen molar-refractivity contribution >= 4 is 17.4 Å². The molecule has 2 unspecified atom stereocenters. The Hall–Kier alpha value is -1.25. The number of aliphatic hydroxyl groups excluding tert-OH is 1. The molecule has 1 aliphatic rings. The minimum Gasteiger partial charge on any atom is -0.394 e. The van der Waals surface area contributed by atoms with Crippen LogP contribution in [0.5, 0.6) is 0 Å². The summed E-state index contributed by atoms with van der Waals surface area (Å²) in [5, 5.41) is 8.70. The first-order chi connectivity index (χ1) is 8.35. The van der Waals surface area contributed by atoms with E-state index >= 15 is 0 Å². The zero-order valence-electron chi connectivity index (χ0n) is 9.02. The molecule has 2 heterocycles. The monoisotopic (exact) mass is 281 g/mol. The fourth-order valence-electron chi connectivity index (χ4n) is 1.74. The lowest BCUT2D eigenvalue weighted by molar-refractivity contribution is -0.120. The van der Waals surface area contributed by atoms with Crippen molar-refractivity contribution < 1.29 is 18.6 Å². The summed E-state index contributed by atoms with van der Waals surface area (Å²) in [4.78, 5) is 14.8. The number of ether oxygens (including phenoxy) is 1. The smallest absolute Gasteiger partial charge is 0.351 e. The zero-order valence-corrected chi connectivity index (χ0v) is 9.77. The van der Waals surface area contributed by atoms with Crippen LogP contribution >= 0.6 is 11.6 Å². The van der Waals surface area contributed by atoms with E-state index in [1.54, 1.807) is 0 Å². The molecule has 18 heavy (non-hydrogen) atoms. The van der Waals surface area contributed by atoms with Crippen molar-refractivity contribution in [2.75, 3.05) is 12.3 Å². The molecule has 2 atom stereocenters. The third-order valence-electron chi connectivity index (χ3n) is 2.57. The van der Waals surface area contributed by atoms with Gasteiger partial charge in [0.25, 0.3) is 5.92 Å². The molecule has 1 saturated heterocycles. The number of nitrogens with two attached hydrogens (primary N) is 1. The molecular formula is C9H10ClF2N3O3. The summed E-state index contributed by atoms with van der Waals surface area (Å²) >= 11 is 5.63. The van der Waals surface area contributed by atoms with Crippen molar-refractivity contribution in [3.8, 4) is 0 Å². The molecule has 0 spiro atoms. The lowest BCUT2D eigenvalue weighted by Crippen LogP contribution is -2.35. The van der Waals surface area contributed by atoms with Gasteiger partial charge in [0.1, 0.15) is 5.82 Å². The molecule has 9 heteroatoms. The van der Waals surface area contributed by atoms with Gasteiger partial charge in [-0.05, 0) is 0 Å². The largest absolute Gasteiger partial charge is 0.394 e. The molecular weight excluding hydrogens is 272 g/mol. The normalized spacial score (nSPS) is 26.4. The predicted octanol–water partition coefficient (Wildman–Crippen LogP) is 0.394. The molecule has 1 aromatic heterocycles. The number of nitrogens with zero attached hydrogens (tertiary/aromatic N) is 2. The summed E-state index contributed by atoms with van der Waals surface area (Å²) in [6, 6.07) is 0. The second-order valence-electron chi connectivity index (χ2n) is 3.92. The summed E-state index contributed by atoms with van der Waals surface area (Å²) < 4.78 is 32.8. The number of hydrogen-bond donors (Lipinski definition) is 2. The standard InChI is InChI=1S/C9H10ClF2N3O3/c10-5-2-15(8(17)14-6(5)13)7-9(11,12)1-4(3-16)18-7/h2,4,7,16H,1,3H2,(H2,13,14,17). The van der Waals surface area contributed by atoms with Gasteiger partial charge < -0.3 is 15.6 Å². The number of halogens is 3. The van der Waals surface area contributed by atoms with E-state index in [1.807, 2.05) is 0 Å². The highest BCUT2D eigenvalue weighted by Gasteiger charge is 2.51. The quantitative estimate of drug-likeness (QED) is 0.818. The van der Waals surface area contributed by atoms with Crippen LogP contribution in [0, 0.1) is 0 Å². The van der Waals surface area contributed by atoms with Crippen molar-refractivity contribution in [3.63, 3.8) is 0 Å². The van der Waals surface area contributed by atoms with Crippen LogP contribution in [0.2, 0.25) is 5.02 Å². The Balaban J connectivity index is 2.43. The summed E-state index contributed by atoms with van der Waals surface area (Å²) in [6.45, 7) is -0.559. The lowest BCUT2D eigenvalue weighted by Gasteiger charge is -2.20. The number of aliphatic hydroxyl groups is 1. The highest BCUT2D eigenvalue weighted by Crippen LogP contribution is 2.41. The topological polar surface area (TPSA) is 90.4 Å². The Bertz CT molecular complexity index is 522. The van der Waals surface area contributed by atoms with E-state index in [4.69, 9.17) is 27.2 Å². The fraction of sp³-hybridized carbons (Fsp3) is 0.556. The fourth-order valence-corrected chi connectivity index (χ4v) is 1.88. The van der Waals surface area contributed by atoms with Gasteiger partial charge in [0.15, 0.2) is 0 Å². The van der Waals surface area contributed by atoms with Gasteiger partial charge in [-0.25, -0.2) is 13.6 Å². The van der Waals surface area contributed by atoms with Crippen molar-refractivity contribution in [3.05, 3.63) is 21.7 Å². The molecule has 100 valence electrons. The number of alkyl halides is 2. The van der Waals surface area contributed by atoms with E-state index in [1.165, 1.54) is 0 Å². The third kappa shape index (κ3) is 2.18. The van der Waals surface area contributed by atoms with Crippen LogP contribution in [0.4, 0.5) is 14.6 Å². The van der Waals surface area contributed by atoms with E-state index in [-0.39, 0.29) is 10.8 Å². The van der Waals surface area contributed by atoms with E-state index in [2.05, 4.69) is 4.98 Å².